The minimum atomic E-state index is -0.540. The summed E-state index contributed by atoms with van der Waals surface area (Å²) in [5.74, 6) is 2.38. The highest BCUT2D eigenvalue weighted by Gasteiger charge is 2.44. The quantitative estimate of drug-likeness (QED) is 0.908. The van der Waals surface area contributed by atoms with E-state index in [1.54, 1.807) is 0 Å². The standard InChI is InChI=1S/C18H26N2O/c1-4-9-20-16-8-6-5-7-15(16)19-17(20)12-18(21)10-14(11-18)13(2)3/h5-8,13-14,21H,4,9-12H2,1-3H3. The molecule has 1 saturated carbocycles. The zero-order valence-corrected chi connectivity index (χ0v) is 13.3. The molecule has 2 aromatic rings. The van der Waals surface area contributed by atoms with E-state index < -0.39 is 5.60 Å². The third-order valence-corrected chi connectivity index (χ3v) is 4.90. The third-order valence-electron chi connectivity index (χ3n) is 4.90. The van der Waals surface area contributed by atoms with E-state index in [4.69, 9.17) is 4.98 Å². The maximum atomic E-state index is 10.7. The first-order valence-corrected chi connectivity index (χ1v) is 8.19. The number of aryl methyl sites for hydroxylation is 1. The average molecular weight is 286 g/mol. The van der Waals surface area contributed by atoms with Crippen LogP contribution in [0.15, 0.2) is 24.3 Å². The van der Waals surface area contributed by atoms with Gasteiger partial charge in [0, 0.05) is 13.0 Å². The van der Waals surface area contributed by atoms with E-state index >= 15 is 0 Å². The number of rotatable bonds is 5. The van der Waals surface area contributed by atoms with Gasteiger partial charge in [0.2, 0.25) is 0 Å². The molecule has 0 atom stereocenters. The summed E-state index contributed by atoms with van der Waals surface area (Å²) in [4.78, 5) is 4.77. The van der Waals surface area contributed by atoms with Gasteiger partial charge < -0.3 is 9.67 Å². The lowest BCUT2D eigenvalue weighted by molar-refractivity contribution is -0.0876. The highest BCUT2D eigenvalue weighted by atomic mass is 16.3. The second kappa shape index (κ2) is 5.45. The van der Waals surface area contributed by atoms with Gasteiger partial charge in [-0.1, -0.05) is 32.9 Å². The van der Waals surface area contributed by atoms with E-state index in [2.05, 4.69) is 43.5 Å². The molecule has 0 radical (unpaired) electrons. The molecule has 1 aliphatic carbocycles. The molecule has 1 heterocycles. The maximum Gasteiger partial charge on any atom is 0.112 e. The molecule has 1 aromatic heterocycles. The van der Waals surface area contributed by atoms with Crippen LogP contribution in [0.25, 0.3) is 11.0 Å². The Morgan fingerprint density at radius 2 is 2.05 bits per heavy atom. The zero-order valence-electron chi connectivity index (χ0n) is 13.3. The number of hydrogen-bond acceptors (Lipinski definition) is 2. The minimum absolute atomic E-state index is 0.540. The minimum Gasteiger partial charge on any atom is -0.389 e. The Bertz CT molecular complexity index is 623. The lowest BCUT2D eigenvalue weighted by Gasteiger charge is -2.45. The van der Waals surface area contributed by atoms with Crippen molar-refractivity contribution in [3.8, 4) is 0 Å². The molecule has 1 fully saturated rings. The molecule has 3 rings (SSSR count). The van der Waals surface area contributed by atoms with Crippen molar-refractivity contribution in [3.05, 3.63) is 30.1 Å². The Morgan fingerprint density at radius 1 is 1.33 bits per heavy atom. The van der Waals surface area contributed by atoms with E-state index in [9.17, 15) is 5.11 Å². The van der Waals surface area contributed by atoms with Gasteiger partial charge in [0.05, 0.1) is 16.6 Å². The van der Waals surface area contributed by atoms with Crippen LogP contribution in [0.2, 0.25) is 0 Å². The van der Waals surface area contributed by atoms with Crippen LogP contribution in [0.3, 0.4) is 0 Å². The van der Waals surface area contributed by atoms with E-state index in [0.29, 0.717) is 18.3 Å². The van der Waals surface area contributed by atoms with Crippen LogP contribution in [0.1, 0.15) is 45.9 Å². The summed E-state index contributed by atoms with van der Waals surface area (Å²) in [6.45, 7) is 7.65. The summed E-state index contributed by atoms with van der Waals surface area (Å²) < 4.78 is 2.29. The smallest absolute Gasteiger partial charge is 0.112 e. The lowest BCUT2D eigenvalue weighted by atomic mass is 9.65. The largest absolute Gasteiger partial charge is 0.389 e. The number of imidazole rings is 1. The fourth-order valence-electron chi connectivity index (χ4n) is 3.56. The van der Waals surface area contributed by atoms with Crippen LogP contribution in [-0.4, -0.2) is 20.3 Å². The molecule has 3 nitrogen and oxygen atoms in total. The molecule has 1 aliphatic rings. The van der Waals surface area contributed by atoms with E-state index in [-0.39, 0.29) is 0 Å². The van der Waals surface area contributed by atoms with Crippen LogP contribution in [0, 0.1) is 11.8 Å². The van der Waals surface area contributed by atoms with Crippen LogP contribution < -0.4 is 0 Å². The van der Waals surface area contributed by atoms with Gasteiger partial charge in [0.15, 0.2) is 0 Å². The molecule has 1 aromatic carbocycles. The lowest BCUT2D eigenvalue weighted by Crippen LogP contribution is -2.47. The number of aromatic nitrogens is 2. The molecule has 0 saturated heterocycles. The van der Waals surface area contributed by atoms with Gasteiger partial charge in [0.25, 0.3) is 0 Å². The average Bonchev–Trinajstić information content (AvgIpc) is 2.74. The van der Waals surface area contributed by atoms with Gasteiger partial charge in [-0.3, -0.25) is 0 Å². The Hall–Kier alpha value is -1.35. The second-order valence-corrected chi connectivity index (χ2v) is 6.98. The van der Waals surface area contributed by atoms with Crippen molar-refractivity contribution in [2.75, 3.05) is 0 Å². The summed E-state index contributed by atoms with van der Waals surface area (Å²) in [5.41, 5.74) is 1.70. The summed E-state index contributed by atoms with van der Waals surface area (Å²) in [5, 5.41) is 10.7. The molecular formula is C18H26N2O. The summed E-state index contributed by atoms with van der Waals surface area (Å²) in [6, 6.07) is 8.28. The molecule has 0 amide bonds. The Kier molecular flexibility index (Phi) is 3.78. The SMILES string of the molecule is CCCn1c(CC2(O)CC(C(C)C)C2)nc2ccccc21. The molecule has 114 valence electrons. The molecule has 0 aliphatic heterocycles. The summed E-state index contributed by atoms with van der Waals surface area (Å²) >= 11 is 0. The van der Waals surface area contributed by atoms with E-state index in [1.165, 1.54) is 5.52 Å². The van der Waals surface area contributed by atoms with Crippen LogP contribution in [0.5, 0.6) is 0 Å². The molecule has 0 unspecified atom stereocenters. The third kappa shape index (κ3) is 2.71. The Labute approximate surface area is 127 Å². The highest BCUT2D eigenvalue weighted by molar-refractivity contribution is 5.75. The first kappa shape index (κ1) is 14.6. The summed E-state index contributed by atoms with van der Waals surface area (Å²) in [6.07, 6.45) is 3.60. The van der Waals surface area contributed by atoms with Crippen molar-refractivity contribution in [1.82, 2.24) is 9.55 Å². The first-order valence-electron chi connectivity index (χ1n) is 8.19. The molecule has 3 heteroatoms. The number of aliphatic hydroxyl groups is 1. The number of benzene rings is 1. The van der Waals surface area contributed by atoms with E-state index in [1.807, 2.05) is 6.07 Å². The van der Waals surface area contributed by atoms with Crippen molar-refractivity contribution in [3.63, 3.8) is 0 Å². The van der Waals surface area contributed by atoms with Crippen LogP contribution >= 0.6 is 0 Å². The number of fused-ring (bicyclic) bond motifs is 1. The van der Waals surface area contributed by atoms with Crippen molar-refractivity contribution < 1.29 is 5.11 Å². The molecular weight excluding hydrogens is 260 g/mol. The molecule has 21 heavy (non-hydrogen) atoms. The predicted octanol–water partition coefficient (Wildman–Crippen LogP) is 3.79. The number of para-hydroxylation sites is 2. The topological polar surface area (TPSA) is 38.0 Å². The fourth-order valence-corrected chi connectivity index (χ4v) is 3.56. The van der Waals surface area contributed by atoms with Gasteiger partial charge in [-0.25, -0.2) is 4.98 Å². The van der Waals surface area contributed by atoms with Gasteiger partial charge in [-0.2, -0.15) is 0 Å². The Balaban J connectivity index is 1.85. The zero-order chi connectivity index (χ0) is 15.0. The number of nitrogens with zero attached hydrogens (tertiary/aromatic N) is 2. The van der Waals surface area contributed by atoms with Gasteiger partial charge in [0.1, 0.15) is 5.82 Å². The molecule has 1 N–H and O–H groups in total. The van der Waals surface area contributed by atoms with Crippen molar-refractivity contribution >= 4 is 11.0 Å². The van der Waals surface area contributed by atoms with E-state index in [0.717, 1.165) is 37.1 Å². The molecule has 0 spiro atoms. The maximum absolute atomic E-state index is 10.7. The monoisotopic (exact) mass is 286 g/mol. The predicted molar refractivity (Wildman–Crippen MR) is 86.2 cm³/mol. The van der Waals surface area contributed by atoms with Crippen molar-refractivity contribution in [2.45, 2.75) is 58.6 Å². The Morgan fingerprint density at radius 3 is 2.71 bits per heavy atom. The highest BCUT2D eigenvalue weighted by Crippen LogP contribution is 2.44. The van der Waals surface area contributed by atoms with Gasteiger partial charge >= 0.3 is 0 Å². The molecule has 0 bridgehead atoms. The summed E-state index contributed by atoms with van der Waals surface area (Å²) in [7, 11) is 0. The van der Waals surface area contributed by atoms with Gasteiger partial charge in [-0.15, -0.1) is 0 Å². The van der Waals surface area contributed by atoms with Crippen molar-refractivity contribution in [2.24, 2.45) is 11.8 Å². The second-order valence-electron chi connectivity index (χ2n) is 6.98. The van der Waals surface area contributed by atoms with Crippen LogP contribution in [-0.2, 0) is 13.0 Å². The number of hydrogen-bond donors (Lipinski definition) is 1. The van der Waals surface area contributed by atoms with Crippen molar-refractivity contribution in [1.29, 1.82) is 0 Å². The van der Waals surface area contributed by atoms with Gasteiger partial charge in [-0.05, 0) is 43.2 Å². The fraction of sp³-hybridized carbons (Fsp3) is 0.611. The first-order chi connectivity index (χ1) is 10.0. The normalized spacial score (nSPS) is 25.5. The van der Waals surface area contributed by atoms with Crippen LogP contribution in [0.4, 0.5) is 0 Å².